The van der Waals surface area contributed by atoms with Gasteiger partial charge < -0.3 is 10.4 Å². The van der Waals surface area contributed by atoms with Crippen LogP contribution in [0, 0.1) is 6.92 Å². The van der Waals surface area contributed by atoms with E-state index in [4.69, 9.17) is 5.11 Å². The molecule has 1 amide bonds. The molecule has 0 saturated heterocycles. The van der Waals surface area contributed by atoms with Gasteiger partial charge >= 0.3 is 0 Å². The second-order valence-corrected chi connectivity index (χ2v) is 5.65. The van der Waals surface area contributed by atoms with Crippen LogP contribution in [0.5, 0.6) is 0 Å². The van der Waals surface area contributed by atoms with Gasteiger partial charge in [-0.15, -0.1) is 11.3 Å². The summed E-state index contributed by atoms with van der Waals surface area (Å²) in [6.07, 6.45) is 0.514. The number of rotatable bonds is 5. The van der Waals surface area contributed by atoms with Crippen LogP contribution in [0.25, 0.3) is 0 Å². The van der Waals surface area contributed by atoms with E-state index >= 15 is 0 Å². The first kappa shape index (κ1) is 13.8. The third-order valence-electron chi connectivity index (χ3n) is 2.89. The zero-order valence-corrected chi connectivity index (χ0v) is 11.6. The number of hydrogen-bond donors (Lipinski definition) is 2. The maximum atomic E-state index is 12.1. The van der Waals surface area contributed by atoms with Gasteiger partial charge in [-0.25, -0.2) is 0 Å². The summed E-state index contributed by atoms with van der Waals surface area (Å²) < 4.78 is 0. The van der Waals surface area contributed by atoms with Crippen LogP contribution in [-0.2, 0) is 0 Å². The highest BCUT2D eigenvalue weighted by molar-refractivity contribution is 7.13. The number of amides is 1. The van der Waals surface area contributed by atoms with Crippen molar-refractivity contribution in [2.24, 2.45) is 0 Å². The summed E-state index contributed by atoms with van der Waals surface area (Å²) in [6, 6.07) is 13.3. The van der Waals surface area contributed by atoms with Gasteiger partial charge in [-0.1, -0.05) is 30.3 Å². The standard InChI is InChI=1S/C15H17NO2S/c1-11-7-8-14(19-11)15(18)16-13(9-10-17)12-5-3-2-4-6-12/h2-8,13,17H,9-10H2,1H3,(H,16,18). The Morgan fingerprint density at radius 3 is 2.58 bits per heavy atom. The minimum atomic E-state index is -0.152. The van der Waals surface area contributed by atoms with Crippen molar-refractivity contribution in [1.82, 2.24) is 5.32 Å². The second-order valence-electron chi connectivity index (χ2n) is 4.36. The molecule has 19 heavy (non-hydrogen) atoms. The molecule has 4 heteroatoms. The highest BCUT2D eigenvalue weighted by Crippen LogP contribution is 2.19. The molecule has 1 unspecified atom stereocenters. The summed E-state index contributed by atoms with van der Waals surface area (Å²) in [6.45, 7) is 2.02. The molecule has 0 aliphatic rings. The van der Waals surface area contributed by atoms with Crippen LogP contribution in [-0.4, -0.2) is 17.6 Å². The average molecular weight is 275 g/mol. The van der Waals surface area contributed by atoms with E-state index in [2.05, 4.69) is 5.32 Å². The molecule has 1 aromatic carbocycles. The molecule has 0 bridgehead atoms. The molecule has 0 aliphatic heterocycles. The van der Waals surface area contributed by atoms with E-state index < -0.39 is 0 Å². The van der Waals surface area contributed by atoms with E-state index in [9.17, 15) is 4.79 Å². The third kappa shape index (κ3) is 3.66. The summed E-state index contributed by atoms with van der Waals surface area (Å²) in [5, 5.41) is 12.1. The van der Waals surface area contributed by atoms with E-state index in [-0.39, 0.29) is 18.6 Å². The molecular formula is C15H17NO2S. The van der Waals surface area contributed by atoms with Crippen molar-refractivity contribution in [3.05, 3.63) is 57.8 Å². The van der Waals surface area contributed by atoms with Crippen molar-refractivity contribution in [1.29, 1.82) is 0 Å². The van der Waals surface area contributed by atoms with Crippen LogP contribution in [0.15, 0.2) is 42.5 Å². The molecule has 0 aliphatic carbocycles. The molecule has 2 aromatic rings. The number of aryl methyl sites for hydroxylation is 1. The van der Waals surface area contributed by atoms with Gasteiger partial charge in [0.2, 0.25) is 0 Å². The number of nitrogens with one attached hydrogen (secondary N) is 1. The van der Waals surface area contributed by atoms with Gasteiger partial charge in [-0.05, 0) is 31.0 Å². The van der Waals surface area contributed by atoms with Crippen molar-refractivity contribution in [2.45, 2.75) is 19.4 Å². The Kier molecular flexibility index (Phi) is 4.71. The Bertz CT molecular complexity index is 536. The molecule has 1 atom stereocenters. The summed E-state index contributed by atoms with van der Waals surface area (Å²) in [4.78, 5) is 14.0. The molecule has 1 aromatic heterocycles. The molecule has 0 fully saturated rings. The molecule has 2 N–H and O–H groups in total. The normalized spacial score (nSPS) is 12.1. The Hall–Kier alpha value is -1.65. The predicted molar refractivity (Wildman–Crippen MR) is 77.4 cm³/mol. The lowest BCUT2D eigenvalue weighted by molar-refractivity contribution is 0.0934. The van der Waals surface area contributed by atoms with Gasteiger partial charge in [-0.3, -0.25) is 4.79 Å². The van der Waals surface area contributed by atoms with E-state index in [0.29, 0.717) is 11.3 Å². The molecular weight excluding hydrogens is 258 g/mol. The predicted octanol–water partition coefficient (Wildman–Crippen LogP) is 2.91. The zero-order valence-electron chi connectivity index (χ0n) is 10.8. The lowest BCUT2D eigenvalue weighted by atomic mass is 10.0. The van der Waals surface area contributed by atoms with Gasteiger partial charge in [0.25, 0.3) is 5.91 Å². The van der Waals surface area contributed by atoms with Gasteiger partial charge in [-0.2, -0.15) is 0 Å². The smallest absolute Gasteiger partial charge is 0.261 e. The number of carbonyl (C=O) groups is 1. The average Bonchev–Trinajstić information content (AvgIpc) is 2.86. The van der Waals surface area contributed by atoms with Crippen molar-refractivity contribution in [2.75, 3.05) is 6.61 Å². The third-order valence-corrected chi connectivity index (χ3v) is 3.89. The monoisotopic (exact) mass is 275 g/mol. The van der Waals surface area contributed by atoms with Crippen molar-refractivity contribution >= 4 is 17.2 Å². The Balaban J connectivity index is 2.11. The topological polar surface area (TPSA) is 49.3 Å². The lowest BCUT2D eigenvalue weighted by Crippen LogP contribution is -2.28. The maximum Gasteiger partial charge on any atom is 0.261 e. The van der Waals surface area contributed by atoms with Gasteiger partial charge in [0, 0.05) is 11.5 Å². The molecule has 0 spiro atoms. The quantitative estimate of drug-likeness (QED) is 0.881. The fraction of sp³-hybridized carbons (Fsp3) is 0.267. The minimum Gasteiger partial charge on any atom is -0.396 e. The lowest BCUT2D eigenvalue weighted by Gasteiger charge is -2.17. The zero-order chi connectivity index (χ0) is 13.7. The molecule has 1 heterocycles. The van der Waals surface area contributed by atoms with E-state index in [0.717, 1.165) is 10.4 Å². The van der Waals surface area contributed by atoms with Crippen molar-refractivity contribution in [3.63, 3.8) is 0 Å². The van der Waals surface area contributed by atoms with Crippen LogP contribution in [0.2, 0.25) is 0 Å². The van der Waals surface area contributed by atoms with E-state index in [1.165, 1.54) is 11.3 Å². The largest absolute Gasteiger partial charge is 0.396 e. The second kappa shape index (κ2) is 6.50. The fourth-order valence-corrected chi connectivity index (χ4v) is 2.69. The van der Waals surface area contributed by atoms with Crippen molar-refractivity contribution in [3.8, 4) is 0 Å². The number of benzene rings is 1. The Morgan fingerprint density at radius 1 is 1.26 bits per heavy atom. The fourth-order valence-electron chi connectivity index (χ4n) is 1.92. The maximum absolute atomic E-state index is 12.1. The molecule has 2 rings (SSSR count). The first-order valence-electron chi connectivity index (χ1n) is 6.24. The number of carbonyl (C=O) groups excluding carboxylic acids is 1. The summed E-state index contributed by atoms with van der Waals surface area (Å²) in [5.41, 5.74) is 1.01. The number of aliphatic hydroxyl groups is 1. The molecule has 0 saturated carbocycles. The SMILES string of the molecule is Cc1ccc(C(=O)NC(CCO)c2ccccc2)s1. The Morgan fingerprint density at radius 2 is 2.00 bits per heavy atom. The summed E-state index contributed by atoms with van der Waals surface area (Å²) in [7, 11) is 0. The highest BCUT2D eigenvalue weighted by atomic mass is 32.1. The highest BCUT2D eigenvalue weighted by Gasteiger charge is 2.16. The minimum absolute atomic E-state index is 0.0449. The summed E-state index contributed by atoms with van der Waals surface area (Å²) in [5.74, 6) is -0.0830. The van der Waals surface area contributed by atoms with Crippen LogP contribution >= 0.6 is 11.3 Å². The molecule has 3 nitrogen and oxygen atoms in total. The number of aliphatic hydroxyl groups excluding tert-OH is 1. The molecule has 100 valence electrons. The van der Waals surface area contributed by atoms with E-state index in [1.54, 1.807) is 0 Å². The number of hydrogen-bond acceptors (Lipinski definition) is 3. The Labute approximate surface area is 116 Å². The van der Waals surface area contributed by atoms with Crippen molar-refractivity contribution < 1.29 is 9.90 Å². The van der Waals surface area contributed by atoms with Gasteiger partial charge in [0.1, 0.15) is 0 Å². The van der Waals surface area contributed by atoms with E-state index in [1.807, 2.05) is 49.4 Å². The summed E-state index contributed by atoms with van der Waals surface area (Å²) >= 11 is 1.48. The van der Waals surface area contributed by atoms with Gasteiger partial charge in [0.15, 0.2) is 0 Å². The number of thiophene rings is 1. The first-order valence-corrected chi connectivity index (χ1v) is 7.05. The van der Waals surface area contributed by atoms with Crippen LogP contribution in [0.3, 0.4) is 0 Å². The first-order chi connectivity index (χ1) is 9.20. The van der Waals surface area contributed by atoms with Crippen LogP contribution < -0.4 is 5.32 Å². The molecule has 0 radical (unpaired) electrons. The van der Waals surface area contributed by atoms with Crippen LogP contribution in [0.1, 0.15) is 32.6 Å². The van der Waals surface area contributed by atoms with Gasteiger partial charge in [0.05, 0.1) is 10.9 Å². The van der Waals surface area contributed by atoms with Crippen LogP contribution in [0.4, 0.5) is 0 Å².